The number of aromatic nitrogens is 1. The zero-order valence-electron chi connectivity index (χ0n) is 13.3. The van der Waals surface area contributed by atoms with Gasteiger partial charge in [0.25, 0.3) is 0 Å². The quantitative estimate of drug-likeness (QED) is 0.763. The fourth-order valence-electron chi connectivity index (χ4n) is 2.27. The van der Waals surface area contributed by atoms with E-state index < -0.39 is 0 Å². The average Bonchev–Trinajstić information content (AvgIpc) is 2.54. The maximum absolute atomic E-state index is 11.2. The standard InChI is InChI=1S/C17H20N4O2/c1-12-5-3-6-13-9-14(10-18)17(21-16(12)13)20-8-4-7-19-15(22)11-23-2/h3,5-6,9H,4,7-8,11H2,1-2H3,(H,19,22)(H,20,21). The Hall–Kier alpha value is -2.65. The Morgan fingerprint density at radius 3 is 2.96 bits per heavy atom. The SMILES string of the molecule is COCC(=O)NCCCNc1nc2c(C)cccc2cc1C#N. The summed E-state index contributed by atoms with van der Waals surface area (Å²) in [4.78, 5) is 15.8. The number of nitriles is 1. The molecule has 1 aromatic heterocycles. The third-order valence-corrected chi connectivity index (χ3v) is 3.41. The molecule has 0 saturated carbocycles. The van der Waals surface area contributed by atoms with E-state index >= 15 is 0 Å². The Kier molecular flexibility index (Phi) is 5.89. The van der Waals surface area contributed by atoms with E-state index in [2.05, 4.69) is 21.7 Å². The third kappa shape index (κ3) is 4.41. The smallest absolute Gasteiger partial charge is 0.245 e. The number of pyridine rings is 1. The molecule has 120 valence electrons. The summed E-state index contributed by atoms with van der Waals surface area (Å²) in [6.45, 7) is 3.23. The van der Waals surface area contributed by atoms with Crippen molar-refractivity contribution >= 4 is 22.6 Å². The fraction of sp³-hybridized carbons (Fsp3) is 0.353. The lowest BCUT2D eigenvalue weighted by molar-refractivity contribution is -0.124. The lowest BCUT2D eigenvalue weighted by Crippen LogP contribution is -2.29. The number of aryl methyl sites for hydroxylation is 1. The van der Waals surface area contributed by atoms with Crippen molar-refractivity contribution in [3.63, 3.8) is 0 Å². The lowest BCUT2D eigenvalue weighted by atomic mass is 10.1. The molecule has 0 radical (unpaired) electrons. The van der Waals surface area contributed by atoms with E-state index in [9.17, 15) is 10.1 Å². The second kappa shape index (κ2) is 8.11. The lowest BCUT2D eigenvalue weighted by Gasteiger charge is -2.10. The molecule has 0 aliphatic carbocycles. The minimum absolute atomic E-state index is 0.0670. The van der Waals surface area contributed by atoms with Gasteiger partial charge in [0, 0.05) is 25.6 Å². The van der Waals surface area contributed by atoms with E-state index in [4.69, 9.17) is 4.74 Å². The monoisotopic (exact) mass is 312 g/mol. The van der Waals surface area contributed by atoms with Crippen LogP contribution in [-0.2, 0) is 9.53 Å². The molecule has 6 nitrogen and oxygen atoms in total. The number of methoxy groups -OCH3 is 1. The highest BCUT2D eigenvalue weighted by atomic mass is 16.5. The number of nitrogens with one attached hydrogen (secondary N) is 2. The van der Waals surface area contributed by atoms with Crippen LogP contribution >= 0.6 is 0 Å². The Morgan fingerprint density at radius 1 is 1.39 bits per heavy atom. The molecule has 0 unspecified atom stereocenters. The molecule has 2 rings (SSSR count). The minimum atomic E-state index is -0.135. The van der Waals surface area contributed by atoms with E-state index in [1.54, 1.807) is 0 Å². The highest BCUT2D eigenvalue weighted by Crippen LogP contribution is 2.22. The van der Waals surface area contributed by atoms with Gasteiger partial charge in [0.15, 0.2) is 0 Å². The van der Waals surface area contributed by atoms with Crippen molar-refractivity contribution in [2.75, 3.05) is 32.1 Å². The summed E-state index contributed by atoms with van der Waals surface area (Å²) in [6, 6.07) is 9.92. The zero-order chi connectivity index (χ0) is 16.7. The highest BCUT2D eigenvalue weighted by molar-refractivity contribution is 5.85. The molecule has 0 fully saturated rings. The highest BCUT2D eigenvalue weighted by Gasteiger charge is 2.07. The number of para-hydroxylation sites is 1. The first-order chi connectivity index (χ1) is 11.2. The molecule has 2 N–H and O–H groups in total. The normalized spacial score (nSPS) is 10.3. The van der Waals surface area contributed by atoms with Gasteiger partial charge in [0.05, 0.1) is 11.1 Å². The van der Waals surface area contributed by atoms with Crippen LogP contribution in [0.25, 0.3) is 10.9 Å². The average molecular weight is 312 g/mol. The predicted molar refractivity (Wildman–Crippen MR) is 89.2 cm³/mol. The molecular formula is C17H20N4O2. The predicted octanol–water partition coefficient (Wildman–Crippen LogP) is 1.98. The van der Waals surface area contributed by atoms with Gasteiger partial charge in [-0.15, -0.1) is 0 Å². The molecule has 0 saturated heterocycles. The Labute approximate surface area is 135 Å². The van der Waals surface area contributed by atoms with Crippen molar-refractivity contribution < 1.29 is 9.53 Å². The summed E-state index contributed by atoms with van der Waals surface area (Å²) >= 11 is 0. The molecule has 1 aromatic carbocycles. The van der Waals surface area contributed by atoms with Gasteiger partial charge in [-0.25, -0.2) is 4.98 Å². The number of hydrogen-bond acceptors (Lipinski definition) is 5. The number of anilines is 1. The molecule has 0 atom stereocenters. The summed E-state index contributed by atoms with van der Waals surface area (Å²) in [5.41, 5.74) is 2.48. The molecule has 1 heterocycles. The minimum Gasteiger partial charge on any atom is -0.375 e. The topological polar surface area (TPSA) is 87.0 Å². The Morgan fingerprint density at radius 2 is 2.22 bits per heavy atom. The van der Waals surface area contributed by atoms with Crippen molar-refractivity contribution in [2.24, 2.45) is 0 Å². The van der Waals surface area contributed by atoms with Gasteiger partial charge in [0.2, 0.25) is 5.91 Å². The first-order valence-electron chi connectivity index (χ1n) is 7.45. The van der Waals surface area contributed by atoms with E-state index in [1.165, 1.54) is 7.11 Å². The molecule has 0 aliphatic rings. The number of ether oxygens (including phenoxy) is 1. The molecule has 6 heteroatoms. The van der Waals surface area contributed by atoms with Crippen molar-refractivity contribution in [2.45, 2.75) is 13.3 Å². The molecule has 2 aromatic rings. The van der Waals surface area contributed by atoms with Crippen LogP contribution in [0, 0.1) is 18.3 Å². The second-order valence-corrected chi connectivity index (χ2v) is 5.21. The number of nitrogens with zero attached hydrogens (tertiary/aromatic N) is 2. The van der Waals surface area contributed by atoms with Gasteiger partial charge in [-0.1, -0.05) is 18.2 Å². The number of carbonyl (C=O) groups is 1. The molecule has 1 amide bonds. The van der Waals surface area contributed by atoms with Gasteiger partial charge in [-0.05, 0) is 25.0 Å². The number of benzene rings is 1. The van der Waals surface area contributed by atoms with Crippen molar-refractivity contribution in [1.29, 1.82) is 5.26 Å². The zero-order valence-corrected chi connectivity index (χ0v) is 13.3. The van der Waals surface area contributed by atoms with Crippen LogP contribution in [-0.4, -0.2) is 37.7 Å². The number of amides is 1. The summed E-state index contributed by atoms with van der Waals surface area (Å²) in [7, 11) is 1.48. The molecule has 0 aliphatic heterocycles. The maximum atomic E-state index is 11.2. The summed E-state index contributed by atoms with van der Waals surface area (Å²) in [6.07, 6.45) is 0.730. The van der Waals surface area contributed by atoms with Crippen LogP contribution in [0.4, 0.5) is 5.82 Å². The first kappa shape index (κ1) is 16.7. The first-order valence-corrected chi connectivity index (χ1v) is 7.45. The molecule has 0 spiro atoms. The number of carbonyl (C=O) groups excluding carboxylic acids is 1. The number of fused-ring (bicyclic) bond motifs is 1. The van der Waals surface area contributed by atoms with E-state index in [0.29, 0.717) is 24.5 Å². The summed E-state index contributed by atoms with van der Waals surface area (Å²) in [5.74, 6) is 0.446. The van der Waals surface area contributed by atoms with E-state index in [1.807, 2.05) is 31.2 Å². The Balaban J connectivity index is 1.98. The number of hydrogen-bond donors (Lipinski definition) is 2. The van der Waals surface area contributed by atoms with Crippen molar-refractivity contribution in [3.05, 3.63) is 35.4 Å². The third-order valence-electron chi connectivity index (χ3n) is 3.41. The van der Waals surface area contributed by atoms with Crippen LogP contribution in [0.15, 0.2) is 24.3 Å². The van der Waals surface area contributed by atoms with Crippen LogP contribution in [0.5, 0.6) is 0 Å². The maximum Gasteiger partial charge on any atom is 0.245 e. The molecule has 23 heavy (non-hydrogen) atoms. The van der Waals surface area contributed by atoms with Gasteiger partial charge in [0.1, 0.15) is 18.5 Å². The van der Waals surface area contributed by atoms with E-state index in [0.717, 1.165) is 22.9 Å². The largest absolute Gasteiger partial charge is 0.375 e. The van der Waals surface area contributed by atoms with Crippen LogP contribution in [0.3, 0.4) is 0 Å². The van der Waals surface area contributed by atoms with Crippen LogP contribution in [0.2, 0.25) is 0 Å². The van der Waals surface area contributed by atoms with Crippen LogP contribution < -0.4 is 10.6 Å². The van der Waals surface area contributed by atoms with Crippen molar-refractivity contribution in [3.8, 4) is 6.07 Å². The van der Waals surface area contributed by atoms with E-state index in [-0.39, 0.29) is 12.5 Å². The Bertz CT molecular complexity index is 737. The van der Waals surface area contributed by atoms with Crippen LogP contribution in [0.1, 0.15) is 17.5 Å². The van der Waals surface area contributed by atoms with Gasteiger partial charge in [-0.2, -0.15) is 5.26 Å². The second-order valence-electron chi connectivity index (χ2n) is 5.21. The van der Waals surface area contributed by atoms with Crippen molar-refractivity contribution in [1.82, 2.24) is 10.3 Å². The number of rotatable bonds is 7. The van der Waals surface area contributed by atoms with Gasteiger partial charge in [-0.3, -0.25) is 4.79 Å². The van der Waals surface area contributed by atoms with Gasteiger partial charge >= 0.3 is 0 Å². The summed E-state index contributed by atoms with van der Waals surface area (Å²) < 4.78 is 4.74. The fourth-order valence-corrected chi connectivity index (χ4v) is 2.27. The molecular weight excluding hydrogens is 292 g/mol. The van der Waals surface area contributed by atoms with Gasteiger partial charge < -0.3 is 15.4 Å². The molecule has 0 bridgehead atoms. The summed E-state index contributed by atoms with van der Waals surface area (Å²) in [5, 5.41) is 16.2.